The summed E-state index contributed by atoms with van der Waals surface area (Å²) in [6, 6.07) is 10.0. The minimum Gasteiger partial charge on any atom is -0.295 e. The van der Waals surface area contributed by atoms with Crippen molar-refractivity contribution in [2.24, 2.45) is 0 Å². The molecule has 0 aliphatic rings. The number of carbonyl (C=O) groups excluding carboxylic acids is 1. The molecule has 0 saturated heterocycles. The smallest absolute Gasteiger partial charge is 0.159 e. The first-order valence-electron chi connectivity index (χ1n) is 6.62. The van der Waals surface area contributed by atoms with E-state index in [0.717, 1.165) is 27.6 Å². The van der Waals surface area contributed by atoms with Gasteiger partial charge < -0.3 is 0 Å². The Balaban J connectivity index is 2.20. The van der Waals surface area contributed by atoms with Gasteiger partial charge in [0.1, 0.15) is 0 Å². The van der Waals surface area contributed by atoms with Gasteiger partial charge in [0.05, 0.1) is 11.7 Å². The predicted molar refractivity (Wildman–Crippen MR) is 81.0 cm³/mol. The van der Waals surface area contributed by atoms with Crippen LogP contribution in [-0.4, -0.2) is 16.0 Å². The summed E-state index contributed by atoms with van der Waals surface area (Å²) < 4.78 is 0. The summed E-state index contributed by atoms with van der Waals surface area (Å²) in [6.07, 6.45) is 1.85. The molecule has 2 aromatic carbocycles. The molecule has 20 heavy (non-hydrogen) atoms. The molecule has 100 valence electrons. The van der Waals surface area contributed by atoms with Gasteiger partial charge in [0.15, 0.2) is 5.78 Å². The normalized spacial score (nSPS) is 10.9. The van der Waals surface area contributed by atoms with E-state index in [2.05, 4.69) is 23.2 Å². The Morgan fingerprint density at radius 3 is 2.55 bits per heavy atom. The van der Waals surface area contributed by atoms with Crippen molar-refractivity contribution in [3.63, 3.8) is 0 Å². The zero-order chi connectivity index (χ0) is 14.3. The minimum atomic E-state index is 0.0988. The lowest BCUT2D eigenvalue weighted by Crippen LogP contribution is -1.95. The van der Waals surface area contributed by atoms with E-state index in [4.69, 9.17) is 0 Å². The van der Waals surface area contributed by atoms with Crippen molar-refractivity contribution in [2.45, 2.75) is 20.8 Å². The second-order valence-electron chi connectivity index (χ2n) is 5.16. The van der Waals surface area contributed by atoms with Crippen molar-refractivity contribution in [2.75, 3.05) is 0 Å². The summed E-state index contributed by atoms with van der Waals surface area (Å²) in [5.74, 6) is 0.0988. The fourth-order valence-electron chi connectivity index (χ4n) is 2.64. The number of nitrogens with one attached hydrogen (secondary N) is 1. The lowest BCUT2D eigenvalue weighted by Gasteiger charge is -2.11. The second kappa shape index (κ2) is 4.60. The van der Waals surface area contributed by atoms with Crippen LogP contribution in [0.4, 0.5) is 0 Å². The van der Waals surface area contributed by atoms with Gasteiger partial charge in [-0.05, 0) is 55.2 Å². The highest BCUT2D eigenvalue weighted by molar-refractivity contribution is 5.95. The molecule has 1 N–H and O–H groups in total. The topological polar surface area (TPSA) is 45.8 Å². The van der Waals surface area contributed by atoms with Crippen LogP contribution in [0.15, 0.2) is 36.5 Å². The fraction of sp³-hybridized carbons (Fsp3) is 0.176. The highest BCUT2D eigenvalue weighted by atomic mass is 16.1. The molecule has 0 atom stereocenters. The van der Waals surface area contributed by atoms with E-state index in [0.29, 0.717) is 0 Å². The first-order chi connectivity index (χ1) is 9.58. The van der Waals surface area contributed by atoms with Crippen molar-refractivity contribution in [3.8, 4) is 11.1 Å². The summed E-state index contributed by atoms with van der Waals surface area (Å²) in [7, 11) is 0. The molecule has 3 heteroatoms. The summed E-state index contributed by atoms with van der Waals surface area (Å²) in [5, 5.41) is 8.21. The van der Waals surface area contributed by atoms with Crippen LogP contribution in [0.3, 0.4) is 0 Å². The highest BCUT2D eigenvalue weighted by Gasteiger charge is 2.10. The molecule has 0 spiro atoms. The molecular weight excluding hydrogens is 248 g/mol. The Hall–Kier alpha value is -2.42. The third-order valence-corrected chi connectivity index (χ3v) is 3.82. The van der Waals surface area contributed by atoms with E-state index in [1.54, 1.807) is 6.92 Å². The molecular formula is C17H16N2O. The third-order valence-electron chi connectivity index (χ3n) is 3.82. The number of aromatic amines is 1. The zero-order valence-corrected chi connectivity index (χ0v) is 11.8. The van der Waals surface area contributed by atoms with Gasteiger partial charge in [-0.2, -0.15) is 5.10 Å². The van der Waals surface area contributed by atoms with E-state index in [9.17, 15) is 4.79 Å². The summed E-state index contributed by atoms with van der Waals surface area (Å²) >= 11 is 0. The third kappa shape index (κ3) is 1.92. The number of aryl methyl sites for hydroxylation is 2. The van der Waals surface area contributed by atoms with Gasteiger partial charge in [0.2, 0.25) is 0 Å². The molecule has 3 rings (SSSR count). The average molecular weight is 264 g/mol. The van der Waals surface area contributed by atoms with Gasteiger partial charge in [-0.25, -0.2) is 0 Å². The summed E-state index contributed by atoms with van der Waals surface area (Å²) in [5.41, 5.74) is 6.47. The number of hydrogen-bond donors (Lipinski definition) is 1. The minimum absolute atomic E-state index is 0.0988. The molecule has 0 fully saturated rings. The van der Waals surface area contributed by atoms with Gasteiger partial charge in [0.25, 0.3) is 0 Å². The summed E-state index contributed by atoms with van der Waals surface area (Å²) in [6.45, 7) is 5.74. The molecule has 0 amide bonds. The van der Waals surface area contributed by atoms with Crippen LogP contribution in [0.5, 0.6) is 0 Å². The first-order valence-corrected chi connectivity index (χ1v) is 6.62. The molecule has 0 saturated carbocycles. The maximum absolute atomic E-state index is 11.4. The number of fused-ring (bicyclic) bond motifs is 1. The van der Waals surface area contributed by atoms with E-state index in [1.165, 1.54) is 11.1 Å². The Labute approximate surface area is 117 Å². The Kier molecular flexibility index (Phi) is 2.90. The van der Waals surface area contributed by atoms with Crippen LogP contribution in [0.1, 0.15) is 28.4 Å². The largest absolute Gasteiger partial charge is 0.295 e. The van der Waals surface area contributed by atoms with E-state index in [1.807, 2.05) is 37.4 Å². The number of nitrogens with zero attached hydrogens (tertiary/aromatic N) is 1. The molecule has 3 nitrogen and oxygen atoms in total. The van der Waals surface area contributed by atoms with Crippen LogP contribution in [0.2, 0.25) is 0 Å². The number of benzene rings is 2. The van der Waals surface area contributed by atoms with Gasteiger partial charge >= 0.3 is 0 Å². The van der Waals surface area contributed by atoms with Crippen LogP contribution >= 0.6 is 0 Å². The van der Waals surface area contributed by atoms with Crippen LogP contribution in [-0.2, 0) is 0 Å². The highest BCUT2D eigenvalue weighted by Crippen LogP contribution is 2.31. The Bertz CT molecular complexity index is 815. The molecule has 0 radical (unpaired) electrons. The number of carbonyl (C=O) groups is 1. The number of aromatic nitrogens is 2. The van der Waals surface area contributed by atoms with E-state index >= 15 is 0 Å². The molecule has 1 aromatic heterocycles. The average Bonchev–Trinajstić information content (AvgIpc) is 2.89. The van der Waals surface area contributed by atoms with Gasteiger partial charge in [-0.1, -0.05) is 18.2 Å². The van der Waals surface area contributed by atoms with E-state index in [-0.39, 0.29) is 5.78 Å². The zero-order valence-electron chi connectivity index (χ0n) is 11.8. The number of H-pyrrole nitrogens is 1. The van der Waals surface area contributed by atoms with Crippen molar-refractivity contribution >= 4 is 16.7 Å². The standard InChI is InChI=1S/C17H16N2O/c1-10-8-13(12(3)20)4-5-14(10)15-6-7-17-16(11(15)2)9-18-19-17/h4-9H,1-3H3,(H,18,19). The number of Topliss-reactive ketones (excluding diaryl/α,β-unsaturated/α-hetero) is 1. The molecule has 0 aliphatic heterocycles. The fourth-order valence-corrected chi connectivity index (χ4v) is 2.64. The van der Waals surface area contributed by atoms with Gasteiger partial charge in [-0.15, -0.1) is 0 Å². The molecule has 0 aliphatic carbocycles. The van der Waals surface area contributed by atoms with Crippen LogP contribution < -0.4 is 0 Å². The second-order valence-corrected chi connectivity index (χ2v) is 5.16. The van der Waals surface area contributed by atoms with Crippen molar-refractivity contribution in [1.82, 2.24) is 10.2 Å². The monoisotopic (exact) mass is 264 g/mol. The quantitative estimate of drug-likeness (QED) is 0.710. The first kappa shape index (κ1) is 12.6. The van der Waals surface area contributed by atoms with Crippen molar-refractivity contribution < 1.29 is 4.79 Å². The molecule has 0 bridgehead atoms. The van der Waals surface area contributed by atoms with Crippen molar-refractivity contribution in [1.29, 1.82) is 0 Å². The SMILES string of the molecule is CC(=O)c1ccc(-c2ccc3[nH]ncc3c2C)c(C)c1. The Morgan fingerprint density at radius 2 is 1.85 bits per heavy atom. The maximum atomic E-state index is 11.4. The van der Waals surface area contributed by atoms with Gasteiger partial charge in [-0.3, -0.25) is 9.89 Å². The van der Waals surface area contributed by atoms with E-state index < -0.39 is 0 Å². The van der Waals surface area contributed by atoms with Crippen LogP contribution in [0.25, 0.3) is 22.0 Å². The molecule has 1 heterocycles. The van der Waals surface area contributed by atoms with Crippen LogP contribution in [0, 0.1) is 13.8 Å². The lowest BCUT2D eigenvalue weighted by molar-refractivity contribution is 0.101. The number of ketones is 1. The van der Waals surface area contributed by atoms with Crippen molar-refractivity contribution in [3.05, 3.63) is 53.2 Å². The Morgan fingerprint density at radius 1 is 1.10 bits per heavy atom. The molecule has 3 aromatic rings. The number of hydrogen-bond acceptors (Lipinski definition) is 2. The summed E-state index contributed by atoms with van der Waals surface area (Å²) in [4.78, 5) is 11.4. The maximum Gasteiger partial charge on any atom is 0.159 e. The van der Waals surface area contributed by atoms with Gasteiger partial charge in [0, 0.05) is 10.9 Å². The molecule has 0 unspecified atom stereocenters. The number of rotatable bonds is 2. The lowest BCUT2D eigenvalue weighted by atomic mass is 9.93. The predicted octanol–water partition coefficient (Wildman–Crippen LogP) is 4.05.